The molecule has 1 unspecified atom stereocenters. The first-order valence-electron chi connectivity index (χ1n) is 3.58. The molecule has 0 aromatic heterocycles. The molecule has 62 valence electrons. The van der Waals surface area contributed by atoms with Crippen LogP contribution in [0.5, 0.6) is 0 Å². The molecule has 0 spiro atoms. The van der Waals surface area contributed by atoms with E-state index in [0.29, 0.717) is 0 Å². The van der Waals surface area contributed by atoms with E-state index >= 15 is 0 Å². The van der Waals surface area contributed by atoms with Crippen LogP contribution in [0.2, 0.25) is 0 Å². The molecular weight excluding hydrogens is 155 g/mol. The quantitative estimate of drug-likeness (QED) is 0.684. The molecule has 1 nitrogen and oxygen atoms in total. The van der Waals surface area contributed by atoms with E-state index in [4.69, 9.17) is 5.11 Å². The Balaban J connectivity index is 0.000001000. The number of benzene rings is 1. The molecule has 1 aromatic rings. The van der Waals surface area contributed by atoms with Gasteiger partial charge in [-0.25, -0.2) is 0 Å². The van der Waals surface area contributed by atoms with Gasteiger partial charge < -0.3 is 5.11 Å². The van der Waals surface area contributed by atoms with Gasteiger partial charge in [0, 0.05) is 6.61 Å². The summed E-state index contributed by atoms with van der Waals surface area (Å²) in [5.41, 5.74) is 1.30. The van der Waals surface area contributed by atoms with Gasteiger partial charge in [-0.15, -0.1) is 0 Å². The molecule has 0 bridgehead atoms. The summed E-state index contributed by atoms with van der Waals surface area (Å²) >= 11 is 0. The molecule has 0 aliphatic rings. The van der Waals surface area contributed by atoms with Crippen molar-refractivity contribution in [1.82, 2.24) is 0 Å². The molecule has 1 atom stereocenters. The Labute approximate surface area is 71.1 Å². The summed E-state index contributed by atoms with van der Waals surface area (Å²) in [5, 5.41) is 8.53. The van der Waals surface area contributed by atoms with Gasteiger partial charge in [0.15, 0.2) is 0 Å². The van der Waals surface area contributed by atoms with E-state index in [0.717, 1.165) is 12.8 Å². The van der Waals surface area contributed by atoms with Crippen molar-refractivity contribution < 1.29 is 5.11 Å². The second-order valence-corrected chi connectivity index (χ2v) is 2.31. The summed E-state index contributed by atoms with van der Waals surface area (Å²) in [6, 6.07) is 10.2. The van der Waals surface area contributed by atoms with Gasteiger partial charge >= 0.3 is 0 Å². The largest absolute Gasteiger partial charge is 0.396 e. The molecule has 0 fully saturated rings. The molecule has 2 heteroatoms. The van der Waals surface area contributed by atoms with Gasteiger partial charge in [-0.1, -0.05) is 30.3 Å². The smallest absolute Gasteiger partial charge is 0.0434 e. The molecule has 0 heterocycles. The Hall–Kier alpha value is -0.390. The summed E-state index contributed by atoms with van der Waals surface area (Å²) in [4.78, 5) is 0. The van der Waals surface area contributed by atoms with E-state index in [9.17, 15) is 0 Å². The van der Waals surface area contributed by atoms with Crippen molar-refractivity contribution in [3.05, 3.63) is 35.9 Å². The summed E-state index contributed by atoms with van der Waals surface area (Å²) < 4.78 is 0. The molecule has 0 aliphatic heterocycles. The molecule has 1 rings (SSSR count). The lowest BCUT2D eigenvalue weighted by atomic mass is 10.1. The van der Waals surface area contributed by atoms with Crippen molar-refractivity contribution >= 4 is 9.90 Å². The van der Waals surface area contributed by atoms with Crippen LogP contribution in [0.3, 0.4) is 0 Å². The maximum absolute atomic E-state index is 8.53. The van der Waals surface area contributed by atoms with E-state index in [2.05, 4.69) is 12.1 Å². The zero-order valence-electron chi connectivity index (χ0n) is 6.66. The van der Waals surface area contributed by atoms with Gasteiger partial charge in [0.25, 0.3) is 0 Å². The maximum Gasteiger partial charge on any atom is 0.0434 e. The van der Waals surface area contributed by atoms with Gasteiger partial charge in [0.05, 0.1) is 0 Å². The molecule has 0 amide bonds. The lowest BCUT2D eigenvalue weighted by Gasteiger charge is -1.96. The van der Waals surface area contributed by atoms with Crippen LogP contribution in [0.1, 0.15) is 12.0 Å². The first-order chi connectivity index (χ1) is 4.93. The fourth-order valence-corrected chi connectivity index (χ4v) is 0.928. The summed E-state index contributed by atoms with van der Waals surface area (Å²) in [6.45, 7) is 0.287. The second kappa shape index (κ2) is 6.33. The first-order valence-corrected chi connectivity index (χ1v) is 3.58. The monoisotopic (exact) mass is 170 g/mol. The van der Waals surface area contributed by atoms with Gasteiger partial charge in [0.1, 0.15) is 0 Å². The zero-order chi connectivity index (χ0) is 7.23. The highest BCUT2D eigenvalue weighted by Gasteiger charge is 1.87. The van der Waals surface area contributed by atoms with Crippen LogP contribution < -0.4 is 0 Å². The minimum absolute atomic E-state index is 0. The molecule has 0 saturated carbocycles. The predicted molar refractivity (Wildman–Crippen MR) is 53.0 cm³/mol. The Kier molecular flexibility index (Phi) is 6.10. The van der Waals surface area contributed by atoms with Gasteiger partial charge in [0.2, 0.25) is 0 Å². The number of aryl methyl sites for hydroxylation is 1. The Morgan fingerprint density at radius 1 is 1.09 bits per heavy atom. The highest BCUT2D eigenvalue weighted by atomic mass is 31.0. The van der Waals surface area contributed by atoms with E-state index in [1.807, 2.05) is 18.2 Å². The molecular formula is C9H15OP. The Morgan fingerprint density at radius 3 is 2.27 bits per heavy atom. The van der Waals surface area contributed by atoms with Crippen molar-refractivity contribution in [2.75, 3.05) is 6.61 Å². The number of rotatable bonds is 3. The summed E-state index contributed by atoms with van der Waals surface area (Å²) in [6.07, 6.45) is 1.85. The van der Waals surface area contributed by atoms with Crippen molar-refractivity contribution in [3.63, 3.8) is 0 Å². The molecule has 11 heavy (non-hydrogen) atoms. The standard InChI is InChI=1S/C9H12O.H3P/c10-8-4-7-9-5-2-1-3-6-9;/h1-3,5-6,10H,4,7-8H2;1H3. The Morgan fingerprint density at radius 2 is 1.73 bits per heavy atom. The average Bonchev–Trinajstić information content (AvgIpc) is 2.03. The van der Waals surface area contributed by atoms with Crippen molar-refractivity contribution in [2.24, 2.45) is 0 Å². The molecule has 1 N–H and O–H groups in total. The predicted octanol–water partition coefficient (Wildman–Crippen LogP) is 1.67. The number of hydrogen-bond donors (Lipinski definition) is 1. The first kappa shape index (κ1) is 10.6. The molecule has 0 aliphatic carbocycles. The van der Waals surface area contributed by atoms with Crippen LogP contribution in [-0.4, -0.2) is 11.7 Å². The third-order valence-corrected chi connectivity index (χ3v) is 1.47. The number of aliphatic hydroxyl groups excluding tert-OH is 1. The van der Waals surface area contributed by atoms with Crippen LogP contribution >= 0.6 is 9.90 Å². The highest BCUT2D eigenvalue weighted by molar-refractivity contribution is 6.92. The third-order valence-electron chi connectivity index (χ3n) is 1.47. The number of aliphatic hydroxyl groups is 1. The Bertz CT molecular complexity index is 174. The maximum atomic E-state index is 8.53. The molecule has 1 aromatic carbocycles. The van der Waals surface area contributed by atoms with Gasteiger partial charge in [-0.2, -0.15) is 9.90 Å². The van der Waals surface area contributed by atoms with E-state index in [1.165, 1.54) is 5.56 Å². The SMILES string of the molecule is OCCCc1ccccc1.P. The van der Waals surface area contributed by atoms with Crippen LogP contribution in [0.25, 0.3) is 0 Å². The normalized spacial score (nSPS) is 8.82. The molecule has 0 saturated heterocycles. The van der Waals surface area contributed by atoms with Gasteiger partial charge in [-0.05, 0) is 18.4 Å². The fraction of sp³-hybridized carbons (Fsp3) is 0.333. The van der Waals surface area contributed by atoms with Crippen molar-refractivity contribution in [2.45, 2.75) is 12.8 Å². The third kappa shape index (κ3) is 4.13. The van der Waals surface area contributed by atoms with E-state index in [1.54, 1.807) is 0 Å². The van der Waals surface area contributed by atoms with E-state index < -0.39 is 0 Å². The fourth-order valence-electron chi connectivity index (χ4n) is 0.928. The number of hydrogen-bond acceptors (Lipinski definition) is 1. The molecule has 0 radical (unpaired) electrons. The van der Waals surface area contributed by atoms with Crippen molar-refractivity contribution in [3.8, 4) is 0 Å². The average molecular weight is 170 g/mol. The minimum Gasteiger partial charge on any atom is -0.396 e. The highest BCUT2D eigenvalue weighted by Crippen LogP contribution is 2.00. The lowest BCUT2D eigenvalue weighted by molar-refractivity contribution is 0.288. The summed E-state index contributed by atoms with van der Waals surface area (Å²) in [7, 11) is 0. The van der Waals surface area contributed by atoms with Gasteiger partial charge in [-0.3, -0.25) is 0 Å². The van der Waals surface area contributed by atoms with Crippen LogP contribution in [0.4, 0.5) is 0 Å². The minimum atomic E-state index is 0. The zero-order valence-corrected chi connectivity index (χ0v) is 8.08. The second-order valence-electron chi connectivity index (χ2n) is 2.31. The van der Waals surface area contributed by atoms with Crippen LogP contribution in [0.15, 0.2) is 30.3 Å². The summed E-state index contributed by atoms with van der Waals surface area (Å²) in [5.74, 6) is 0. The van der Waals surface area contributed by atoms with Crippen molar-refractivity contribution in [1.29, 1.82) is 0 Å². The van der Waals surface area contributed by atoms with E-state index in [-0.39, 0.29) is 16.5 Å². The van der Waals surface area contributed by atoms with Crippen LogP contribution in [-0.2, 0) is 6.42 Å². The lowest BCUT2D eigenvalue weighted by Crippen LogP contribution is -1.87. The van der Waals surface area contributed by atoms with Crippen LogP contribution in [0, 0.1) is 0 Å². The topological polar surface area (TPSA) is 20.2 Å².